The first-order valence-electron chi connectivity index (χ1n) is 9.64. The number of likely N-dealkylation sites (tertiary alicyclic amines) is 1. The first-order valence-corrected chi connectivity index (χ1v) is 9.64. The van der Waals surface area contributed by atoms with Gasteiger partial charge in [0, 0.05) is 25.9 Å². The van der Waals surface area contributed by atoms with Gasteiger partial charge in [-0.15, -0.1) is 0 Å². The van der Waals surface area contributed by atoms with E-state index in [1.165, 1.54) is 6.20 Å². The van der Waals surface area contributed by atoms with E-state index in [9.17, 15) is 9.59 Å². The van der Waals surface area contributed by atoms with E-state index in [1.54, 1.807) is 0 Å². The lowest BCUT2D eigenvalue weighted by molar-refractivity contribution is -0.128. The molecule has 0 radical (unpaired) electrons. The molecule has 4 rings (SSSR count). The quantitative estimate of drug-likeness (QED) is 0.715. The summed E-state index contributed by atoms with van der Waals surface area (Å²) in [6, 6.07) is 14.1. The van der Waals surface area contributed by atoms with Crippen molar-refractivity contribution in [3.8, 4) is 0 Å². The molecule has 1 saturated heterocycles. The molecule has 1 aliphatic heterocycles. The Morgan fingerprint density at radius 1 is 1.25 bits per heavy atom. The van der Waals surface area contributed by atoms with Gasteiger partial charge in [0.05, 0.1) is 12.2 Å². The number of aryl methyl sites for hydroxylation is 1. The van der Waals surface area contributed by atoms with Crippen molar-refractivity contribution in [3.05, 3.63) is 65.5 Å². The average Bonchev–Trinajstić information content (AvgIpc) is 3.29. The van der Waals surface area contributed by atoms with Crippen molar-refractivity contribution in [1.29, 1.82) is 0 Å². The molecular formula is C22H23N3O3. The van der Waals surface area contributed by atoms with Gasteiger partial charge >= 0.3 is 0 Å². The second kappa shape index (κ2) is 7.84. The van der Waals surface area contributed by atoms with Gasteiger partial charge in [-0.05, 0) is 22.8 Å². The minimum atomic E-state index is -0.227. The van der Waals surface area contributed by atoms with Gasteiger partial charge in [0.25, 0.3) is 5.91 Å². The fraction of sp³-hybridized carbons (Fsp3) is 0.318. The molecule has 0 unspecified atom stereocenters. The highest BCUT2D eigenvalue weighted by Crippen LogP contribution is 2.23. The molecule has 1 N–H and O–H groups in total. The van der Waals surface area contributed by atoms with E-state index >= 15 is 0 Å². The smallest absolute Gasteiger partial charge is 0.256 e. The number of aromatic nitrogens is 1. The summed E-state index contributed by atoms with van der Waals surface area (Å²) in [4.78, 5) is 26.9. The molecule has 2 aromatic carbocycles. The summed E-state index contributed by atoms with van der Waals surface area (Å²) in [5.74, 6) is 0.420. The largest absolute Gasteiger partial charge is 0.361 e. The second-order valence-electron chi connectivity index (χ2n) is 7.20. The van der Waals surface area contributed by atoms with Crippen LogP contribution in [-0.2, 0) is 17.8 Å². The molecule has 3 aromatic rings. The highest BCUT2D eigenvalue weighted by molar-refractivity contribution is 5.95. The number of rotatable bonds is 6. The Morgan fingerprint density at radius 3 is 2.93 bits per heavy atom. The maximum Gasteiger partial charge on any atom is 0.256 e. The van der Waals surface area contributed by atoms with Crippen molar-refractivity contribution in [2.45, 2.75) is 38.8 Å². The van der Waals surface area contributed by atoms with Crippen molar-refractivity contribution < 1.29 is 14.1 Å². The number of hydrogen-bond donors (Lipinski definition) is 1. The van der Waals surface area contributed by atoms with Crippen molar-refractivity contribution >= 4 is 22.6 Å². The highest BCUT2D eigenvalue weighted by atomic mass is 16.5. The lowest BCUT2D eigenvalue weighted by atomic mass is 10.0. The summed E-state index contributed by atoms with van der Waals surface area (Å²) in [6.45, 7) is 3.06. The van der Waals surface area contributed by atoms with Crippen LogP contribution in [0.5, 0.6) is 0 Å². The van der Waals surface area contributed by atoms with Crippen LogP contribution in [0.25, 0.3) is 10.8 Å². The summed E-state index contributed by atoms with van der Waals surface area (Å²) in [5, 5.41) is 9.01. The van der Waals surface area contributed by atoms with Gasteiger partial charge < -0.3 is 14.7 Å². The Kier molecular flexibility index (Phi) is 5.10. The molecular weight excluding hydrogens is 354 g/mol. The molecule has 6 nitrogen and oxygen atoms in total. The van der Waals surface area contributed by atoms with E-state index in [0.717, 1.165) is 22.8 Å². The van der Waals surface area contributed by atoms with Crippen molar-refractivity contribution in [3.63, 3.8) is 0 Å². The minimum absolute atomic E-state index is 0.0531. The van der Waals surface area contributed by atoms with Crippen LogP contribution in [0.1, 0.15) is 41.4 Å². The fourth-order valence-corrected chi connectivity index (χ4v) is 3.78. The predicted octanol–water partition coefficient (Wildman–Crippen LogP) is 3.31. The Hall–Kier alpha value is -3.15. The third-order valence-corrected chi connectivity index (χ3v) is 5.16. The molecule has 0 spiro atoms. The van der Waals surface area contributed by atoms with Crippen LogP contribution in [0.2, 0.25) is 0 Å². The van der Waals surface area contributed by atoms with Crippen LogP contribution in [0.4, 0.5) is 0 Å². The van der Waals surface area contributed by atoms with Crippen molar-refractivity contribution in [1.82, 2.24) is 15.4 Å². The number of benzene rings is 2. The first-order chi connectivity index (χ1) is 13.7. The Labute approximate surface area is 163 Å². The summed E-state index contributed by atoms with van der Waals surface area (Å²) in [6.07, 6.45) is 3.30. The summed E-state index contributed by atoms with van der Waals surface area (Å²) < 4.78 is 5.16. The van der Waals surface area contributed by atoms with Crippen LogP contribution in [-0.4, -0.2) is 34.5 Å². The van der Waals surface area contributed by atoms with E-state index in [2.05, 4.69) is 34.7 Å². The topological polar surface area (TPSA) is 75.4 Å². The van der Waals surface area contributed by atoms with Crippen molar-refractivity contribution in [2.24, 2.45) is 0 Å². The fourth-order valence-electron chi connectivity index (χ4n) is 3.78. The van der Waals surface area contributed by atoms with E-state index in [4.69, 9.17) is 4.52 Å². The van der Waals surface area contributed by atoms with Crippen molar-refractivity contribution in [2.75, 3.05) is 6.54 Å². The predicted molar refractivity (Wildman–Crippen MR) is 106 cm³/mol. The van der Waals surface area contributed by atoms with Gasteiger partial charge in [-0.3, -0.25) is 9.59 Å². The van der Waals surface area contributed by atoms with E-state index in [1.807, 2.05) is 30.0 Å². The molecule has 1 atom stereocenters. The molecule has 1 aromatic heterocycles. The third kappa shape index (κ3) is 3.63. The molecule has 1 fully saturated rings. The molecule has 2 heterocycles. The average molecular weight is 377 g/mol. The van der Waals surface area contributed by atoms with Crippen LogP contribution >= 0.6 is 0 Å². The zero-order valence-corrected chi connectivity index (χ0v) is 15.9. The zero-order chi connectivity index (χ0) is 19.5. The first kappa shape index (κ1) is 18.2. The van der Waals surface area contributed by atoms with Crippen LogP contribution in [0, 0.1) is 0 Å². The lowest BCUT2D eigenvalue weighted by Gasteiger charge is -2.18. The van der Waals surface area contributed by atoms with E-state index in [0.29, 0.717) is 37.3 Å². The normalized spacial score (nSPS) is 16.7. The van der Waals surface area contributed by atoms with Gasteiger partial charge in [0.15, 0.2) is 0 Å². The highest BCUT2D eigenvalue weighted by Gasteiger charge is 2.31. The molecule has 28 heavy (non-hydrogen) atoms. The standard InChI is InChI=1S/C22H23N3O3/c1-2-6-20-19(12-23-28-20)22(27)24-17-11-21(26)25(14-17)13-16-9-5-8-15-7-3-4-10-18(15)16/h3-5,7-10,12,17H,2,6,11,13-14H2,1H3,(H,24,27)/t17-/m0/s1. The van der Waals surface area contributed by atoms with Gasteiger partial charge in [-0.2, -0.15) is 0 Å². The number of carbonyl (C=O) groups excluding carboxylic acids is 2. The summed E-state index contributed by atoms with van der Waals surface area (Å²) in [7, 11) is 0. The molecule has 6 heteroatoms. The Balaban J connectivity index is 1.44. The monoisotopic (exact) mass is 377 g/mol. The minimum Gasteiger partial charge on any atom is -0.361 e. The molecule has 2 amide bonds. The Bertz CT molecular complexity index is 1010. The zero-order valence-electron chi connectivity index (χ0n) is 15.9. The van der Waals surface area contributed by atoms with E-state index in [-0.39, 0.29) is 17.9 Å². The van der Waals surface area contributed by atoms with Crippen LogP contribution in [0.3, 0.4) is 0 Å². The second-order valence-corrected chi connectivity index (χ2v) is 7.20. The van der Waals surface area contributed by atoms with Crippen LogP contribution < -0.4 is 5.32 Å². The molecule has 0 bridgehead atoms. The SMILES string of the molecule is CCCc1oncc1C(=O)N[C@H]1CC(=O)N(Cc2cccc3ccccc23)C1. The summed E-state index contributed by atoms with van der Waals surface area (Å²) in [5.41, 5.74) is 1.57. The molecule has 0 aliphatic carbocycles. The number of carbonyl (C=O) groups is 2. The number of nitrogens with zero attached hydrogens (tertiary/aromatic N) is 2. The maximum atomic E-state index is 12.6. The van der Waals surface area contributed by atoms with E-state index < -0.39 is 0 Å². The van der Waals surface area contributed by atoms with Gasteiger partial charge in [0.2, 0.25) is 5.91 Å². The number of nitrogens with one attached hydrogen (secondary N) is 1. The number of hydrogen-bond acceptors (Lipinski definition) is 4. The van der Waals surface area contributed by atoms with Gasteiger partial charge in [0.1, 0.15) is 11.3 Å². The van der Waals surface area contributed by atoms with Gasteiger partial charge in [-0.25, -0.2) is 0 Å². The lowest BCUT2D eigenvalue weighted by Crippen LogP contribution is -2.37. The molecule has 1 aliphatic rings. The number of fused-ring (bicyclic) bond motifs is 1. The summed E-state index contributed by atoms with van der Waals surface area (Å²) >= 11 is 0. The van der Waals surface area contributed by atoms with Crippen LogP contribution in [0.15, 0.2) is 53.2 Å². The maximum absolute atomic E-state index is 12.6. The molecule has 0 saturated carbocycles. The third-order valence-electron chi connectivity index (χ3n) is 5.16. The Morgan fingerprint density at radius 2 is 2.07 bits per heavy atom. The van der Waals surface area contributed by atoms with Gasteiger partial charge in [-0.1, -0.05) is 54.5 Å². The number of amides is 2. The molecule has 144 valence electrons.